The maximum Gasteiger partial charge on any atom is 0.245 e. The van der Waals surface area contributed by atoms with Gasteiger partial charge in [-0.3, -0.25) is 14.6 Å². The molecular formula is C10H13N5O4S2. The van der Waals surface area contributed by atoms with Gasteiger partial charge in [0.2, 0.25) is 21.8 Å². The number of aromatic nitrogens is 1. The molecule has 0 bridgehead atoms. The number of sulfonamides is 1. The van der Waals surface area contributed by atoms with E-state index >= 15 is 0 Å². The fraction of sp³-hybridized carbons (Fsp3) is 0.200. The Morgan fingerprint density at radius 1 is 1.14 bits per heavy atom. The molecule has 0 fully saturated rings. The average molecular weight is 331 g/mol. The Labute approximate surface area is 126 Å². The minimum absolute atomic E-state index is 0.00470. The third-order valence-corrected chi connectivity index (χ3v) is 4.28. The summed E-state index contributed by atoms with van der Waals surface area (Å²) in [5, 5.41) is 0. The van der Waals surface area contributed by atoms with Crippen LogP contribution in [-0.2, 0) is 19.6 Å². The normalized spacial score (nSPS) is 11.3. The Kier molecular flexibility index (Phi) is 5.29. The first-order valence-electron chi connectivity index (χ1n) is 5.47. The number of carbonyl (C=O) groups is 2. The molecule has 0 atom stereocenters. The molecule has 0 saturated carbocycles. The van der Waals surface area contributed by atoms with Crippen LogP contribution in [0.4, 0.5) is 0 Å². The summed E-state index contributed by atoms with van der Waals surface area (Å²) in [6.45, 7) is -1.36. The summed E-state index contributed by atoms with van der Waals surface area (Å²) in [7, 11) is -4.15. The number of thiocarbonyl (C=S) groups is 1. The molecule has 2 amide bonds. The number of nitrogens with two attached hydrogens (primary N) is 3. The molecule has 6 N–H and O–H groups in total. The molecule has 0 aromatic carbocycles. The molecule has 1 aromatic rings. The predicted molar refractivity (Wildman–Crippen MR) is 77.3 cm³/mol. The van der Waals surface area contributed by atoms with Gasteiger partial charge in [-0.15, -0.1) is 0 Å². The number of nitrogens with zero attached hydrogens (tertiary/aromatic N) is 2. The molecule has 0 saturated heterocycles. The van der Waals surface area contributed by atoms with E-state index in [-0.39, 0.29) is 15.6 Å². The Bertz CT molecular complexity index is 655. The molecule has 1 aromatic heterocycles. The maximum absolute atomic E-state index is 12.3. The van der Waals surface area contributed by atoms with Gasteiger partial charge in [0.1, 0.15) is 9.88 Å². The highest BCUT2D eigenvalue weighted by Crippen LogP contribution is 2.14. The molecule has 0 aliphatic carbocycles. The number of rotatable bonds is 7. The smallest absolute Gasteiger partial charge is 0.245 e. The van der Waals surface area contributed by atoms with Crippen LogP contribution in [0, 0.1) is 0 Å². The van der Waals surface area contributed by atoms with Crippen LogP contribution in [0.2, 0.25) is 0 Å². The Hall–Kier alpha value is -2.11. The molecule has 21 heavy (non-hydrogen) atoms. The second-order valence-electron chi connectivity index (χ2n) is 3.95. The van der Waals surface area contributed by atoms with Crippen LogP contribution in [-0.4, -0.2) is 47.6 Å². The molecule has 0 spiro atoms. The van der Waals surface area contributed by atoms with Crippen molar-refractivity contribution in [2.75, 3.05) is 13.1 Å². The fourth-order valence-corrected chi connectivity index (χ4v) is 2.84. The van der Waals surface area contributed by atoms with E-state index in [0.717, 1.165) is 6.20 Å². The number of primary amides is 2. The van der Waals surface area contributed by atoms with Crippen LogP contribution in [0.5, 0.6) is 0 Å². The molecule has 11 heteroatoms. The summed E-state index contributed by atoms with van der Waals surface area (Å²) >= 11 is 4.70. The summed E-state index contributed by atoms with van der Waals surface area (Å²) in [6, 6.07) is 2.51. The van der Waals surface area contributed by atoms with E-state index in [1.165, 1.54) is 12.1 Å². The molecule has 9 nitrogen and oxygen atoms in total. The number of hydrogen-bond acceptors (Lipinski definition) is 6. The molecule has 0 aliphatic heterocycles. The molecule has 1 rings (SSSR count). The summed E-state index contributed by atoms with van der Waals surface area (Å²) in [4.78, 5) is 25.4. The number of carbonyl (C=O) groups excluding carboxylic acids is 2. The van der Waals surface area contributed by atoms with Crippen LogP contribution in [0.3, 0.4) is 0 Å². The van der Waals surface area contributed by atoms with Crippen LogP contribution in [0.15, 0.2) is 23.2 Å². The molecule has 1 heterocycles. The fourth-order valence-electron chi connectivity index (χ4n) is 1.40. The first kappa shape index (κ1) is 16.9. The largest absolute Gasteiger partial charge is 0.388 e. The standard InChI is InChI=1S/C10H13N5O4S2/c11-8(16)4-15(5-9(12)17)21(18,19)6-1-2-7(10(13)20)14-3-6/h1-3H,4-5H2,(H2,11,16)(H2,12,17)(H2,13,20). The lowest BCUT2D eigenvalue weighted by atomic mass is 10.3. The Morgan fingerprint density at radius 2 is 1.67 bits per heavy atom. The van der Waals surface area contributed by atoms with Gasteiger partial charge in [0, 0.05) is 6.20 Å². The first-order valence-corrected chi connectivity index (χ1v) is 7.32. The van der Waals surface area contributed by atoms with Gasteiger partial charge in [0.05, 0.1) is 18.8 Å². The highest BCUT2D eigenvalue weighted by atomic mass is 32.2. The monoisotopic (exact) mass is 331 g/mol. The van der Waals surface area contributed by atoms with E-state index in [4.69, 9.17) is 29.4 Å². The number of hydrogen-bond donors (Lipinski definition) is 3. The van der Waals surface area contributed by atoms with Crippen molar-refractivity contribution in [3.05, 3.63) is 24.0 Å². The van der Waals surface area contributed by atoms with Crippen molar-refractivity contribution in [2.45, 2.75) is 4.90 Å². The maximum atomic E-state index is 12.3. The van der Waals surface area contributed by atoms with Gasteiger partial charge in [0.25, 0.3) is 0 Å². The number of amides is 2. The highest BCUT2D eigenvalue weighted by molar-refractivity contribution is 7.89. The molecule has 114 valence electrons. The van der Waals surface area contributed by atoms with Crippen LogP contribution >= 0.6 is 12.2 Å². The van der Waals surface area contributed by atoms with E-state index in [0.29, 0.717) is 4.31 Å². The van der Waals surface area contributed by atoms with Crippen molar-refractivity contribution in [2.24, 2.45) is 17.2 Å². The number of pyridine rings is 1. The topological polar surface area (TPSA) is 162 Å². The zero-order chi connectivity index (χ0) is 16.2. The van der Waals surface area contributed by atoms with Crippen molar-refractivity contribution in [3.8, 4) is 0 Å². The van der Waals surface area contributed by atoms with Crippen molar-refractivity contribution in [1.29, 1.82) is 0 Å². The lowest BCUT2D eigenvalue weighted by molar-refractivity contribution is -0.120. The molecule has 0 unspecified atom stereocenters. The quantitative estimate of drug-likeness (QED) is 0.472. The minimum Gasteiger partial charge on any atom is -0.388 e. The van der Waals surface area contributed by atoms with Gasteiger partial charge in [-0.25, -0.2) is 8.42 Å². The zero-order valence-corrected chi connectivity index (χ0v) is 12.4. The Balaban J connectivity index is 3.17. The lowest BCUT2D eigenvalue weighted by Crippen LogP contribution is -2.43. The van der Waals surface area contributed by atoms with Gasteiger partial charge in [-0.2, -0.15) is 4.31 Å². The van der Waals surface area contributed by atoms with E-state index in [9.17, 15) is 18.0 Å². The summed E-state index contributed by atoms with van der Waals surface area (Å²) < 4.78 is 25.1. The molecular weight excluding hydrogens is 318 g/mol. The van der Waals surface area contributed by atoms with Gasteiger partial charge >= 0.3 is 0 Å². The highest BCUT2D eigenvalue weighted by Gasteiger charge is 2.27. The van der Waals surface area contributed by atoms with Gasteiger partial charge < -0.3 is 17.2 Å². The predicted octanol–water partition coefficient (Wildman–Crippen LogP) is -2.32. The second-order valence-corrected chi connectivity index (χ2v) is 6.33. The Morgan fingerprint density at radius 3 is 2.00 bits per heavy atom. The SMILES string of the molecule is NC(=O)CN(CC(N)=O)S(=O)(=O)c1ccc(C(N)=S)nc1. The van der Waals surface area contributed by atoms with Crippen molar-refractivity contribution >= 4 is 39.0 Å². The summed E-state index contributed by atoms with van der Waals surface area (Å²) in [5.41, 5.74) is 15.5. The van der Waals surface area contributed by atoms with E-state index in [1.54, 1.807) is 0 Å². The third-order valence-electron chi connectivity index (χ3n) is 2.29. The van der Waals surface area contributed by atoms with Crippen molar-refractivity contribution in [3.63, 3.8) is 0 Å². The molecule has 0 aliphatic rings. The van der Waals surface area contributed by atoms with Crippen molar-refractivity contribution < 1.29 is 18.0 Å². The van der Waals surface area contributed by atoms with Crippen molar-refractivity contribution in [1.82, 2.24) is 9.29 Å². The zero-order valence-electron chi connectivity index (χ0n) is 10.7. The average Bonchev–Trinajstić information content (AvgIpc) is 2.37. The van der Waals surface area contributed by atoms with Crippen LogP contribution in [0.1, 0.15) is 5.69 Å². The van der Waals surface area contributed by atoms with Gasteiger partial charge in [-0.1, -0.05) is 12.2 Å². The van der Waals surface area contributed by atoms with E-state index < -0.39 is 34.9 Å². The third kappa shape index (κ3) is 4.44. The van der Waals surface area contributed by atoms with Crippen LogP contribution < -0.4 is 17.2 Å². The lowest BCUT2D eigenvalue weighted by Gasteiger charge is -2.19. The van der Waals surface area contributed by atoms with E-state index in [1.807, 2.05) is 0 Å². The van der Waals surface area contributed by atoms with Gasteiger partial charge in [0.15, 0.2) is 0 Å². The molecule has 0 radical (unpaired) electrons. The summed E-state index contributed by atoms with van der Waals surface area (Å²) in [5.74, 6) is -1.85. The first-order chi connectivity index (χ1) is 9.64. The summed E-state index contributed by atoms with van der Waals surface area (Å²) in [6.07, 6.45) is 1.01. The van der Waals surface area contributed by atoms with Gasteiger partial charge in [-0.05, 0) is 12.1 Å². The second kappa shape index (κ2) is 6.56. The minimum atomic E-state index is -4.15. The van der Waals surface area contributed by atoms with E-state index in [2.05, 4.69) is 4.98 Å². The van der Waals surface area contributed by atoms with Crippen LogP contribution in [0.25, 0.3) is 0 Å².